The van der Waals surface area contributed by atoms with Gasteiger partial charge in [-0.05, 0) is 80.7 Å². The van der Waals surface area contributed by atoms with E-state index in [1.54, 1.807) is 31.2 Å². The van der Waals surface area contributed by atoms with Gasteiger partial charge in [0.25, 0.3) is 5.91 Å². The fourth-order valence-corrected chi connectivity index (χ4v) is 3.31. The SMILES string of the molecule is CC1CCN(Cc2ccc(NC(=O)C(C)Oc3ccc(Cl)cc3)cc2)CC1. The van der Waals surface area contributed by atoms with Gasteiger partial charge in [0.1, 0.15) is 5.75 Å². The van der Waals surface area contributed by atoms with Crippen LogP contribution in [0.15, 0.2) is 48.5 Å². The predicted octanol–water partition coefficient (Wildman–Crippen LogP) is 4.98. The number of nitrogens with one attached hydrogen (secondary N) is 1. The molecular weight excluding hydrogens is 360 g/mol. The Morgan fingerprint density at radius 1 is 1.15 bits per heavy atom. The van der Waals surface area contributed by atoms with Crippen molar-refractivity contribution in [2.24, 2.45) is 5.92 Å². The Kier molecular flexibility index (Phi) is 6.75. The van der Waals surface area contributed by atoms with E-state index in [1.807, 2.05) is 12.1 Å². The third kappa shape index (κ3) is 5.98. The first-order valence-corrected chi connectivity index (χ1v) is 9.92. The van der Waals surface area contributed by atoms with Gasteiger partial charge in [0.05, 0.1) is 0 Å². The smallest absolute Gasteiger partial charge is 0.265 e. The fraction of sp³-hybridized carbons (Fsp3) is 0.409. The third-order valence-corrected chi connectivity index (χ3v) is 5.25. The summed E-state index contributed by atoms with van der Waals surface area (Å²) in [6, 6.07) is 15.1. The van der Waals surface area contributed by atoms with Crippen molar-refractivity contribution < 1.29 is 9.53 Å². The molecule has 1 aliphatic rings. The molecule has 144 valence electrons. The maximum Gasteiger partial charge on any atom is 0.265 e. The summed E-state index contributed by atoms with van der Waals surface area (Å²) in [7, 11) is 0. The van der Waals surface area contributed by atoms with Crippen LogP contribution in [-0.4, -0.2) is 30.0 Å². The van der Waals surface area contributed by atoms with Crippen molar-refractivity contribution in [1.82, 2.24) is 4.90 Å². The van der Waals surface area contributed by atoms with E-state index >= 15 is 0 Å². The number of rotatable bonds is 6. The van der Waals surface area contributed by atoms with Gasteiger partial charge in [-0.1, -0.05) is 30.7 Å². The molecule has 1 atom stereocenters. The molecule has 0 spiro atoms. The number of ether oxygens (including phenoxy) is 1. The normalized spacial score (nSPS) is 16.7. The van der Waals surface area contributed by atoms with Crippen molar-refractivity contribution in [2.45, 2.75) is 39.3 Å². The van der Waals surface area contributed by atoms with Crippen LogP contribution in [-0.2, 0) is 11.3 Å². The Bertz CT molecular complexity index is 738. The van der Waals surface area contributed by atoms with Crippen molar-refractivity contribution in [2.75, 3.05) is 18.4 Å². The second-order valence-electron chi connectivity index (χ2n) is 7.36. The molecule has 3 rings (SSSR count). The molecule has 2 aromatic rings. The van der Waals surface area contributed by atoms with Crippen molar-refractivity contribution in [3.05, 3.63) is 59.1 Å². The molecule has 1 heterocycles. The van der Waals surface area contributed by atoms with Crippen molar-refractivity contribution in [3.63, 3.8) is 0 Å². The molecular formula is C22H27ClN2O2. The molecule has 27 heavy (non-hydrogen) atoms. The van der Waals surface area contributed by atoms with E-state index in [-0.39, 0.29) is 5.91 Å². The highest BCUT2D eigenvalue weighted by molar-refractivity contribution is 6.30. The van der Waals surface area contributed by atoms with Gasteiger partial charge >= 0.3 is 0 Å². The molecule has 0 radical (unpaired) electrons. The van der Waals surface area contributed by atoms with Crippen LogP contribution in [0.3, 0.4) is 0 Å². The third-order valence-electron chi connectivity index (χ3n) is 5.00. The molecule has 1 fully saturated rings. The summed E-state index contributed by atoms with van der Waals surface area (Å²) < 4.78 is 5.66. The molecule has 1 saturated heterocycles. The zero-order valence-electron chi connectivity index (χ0n) is 16.0. The lowest BCUT2D eigenvalue weighted by Crippen LogP contribution is -2.32. The molecule has 1 unspecified atom stereocenters. The van der Waals surface area contributed by atoms with E-state index in [9.17, 15) is 4.79 Å². The Hall–Kier alpha value is -2.04. The van der Waals surface area contributed by atoms with Crippen LogP contribution in [0.5, 0.6) is 5.75 Å². The average Bonchev–Trinajstić information content (AvgIpc) is 2.67. The lowest BCUT2D eigenvalue weighted by molar-refractivity contribution is -0.122. The highest BCUT2D eigenvalue weighted by atomic mass is 35.5. The number of hydrogen-bond acceptors (Lipinski definition) is 3. The van der Waals surface area contributed by atoms with Gasteiger partial charge in [0.15, 0.2) is 6.10 Å². The minimum Gasteiger partial charge on any atom is -0.481 e. The largest absolute Gasteiger partial charge is 0.481 e. The highest BCUT2D eigenvalue weighted by Gasteiger charge is 2.17. The first kappa shape index (κ1) is 19.7. The molecule has 2 aromatic carbocycles. The van der Waals surface area contributed by atoms with Crippen LogP contribution in [0.2, 0.25) is 5.02 Å². The molecule has 4 nitrogen and oxygen atoms in total. The van der Waals surface area contributed by atoms with E-state index < -0.39 is 6.10 Å². The molecule has 0 aromatic heterocycles. The number of halogens is 1. The fourth-order valence-electron chi connectivity index (χ4n) is 3.19. The lowest BCUT2D eigenvalue weighted by Gasteiger charge is -2.30. The first-order valence-electron chi connectivity index (χ1n) is 9.54. The summed E-state index contributed by atoms with van der Waals surface area (Å²) in [5.41, 5.74) is 2.05. The molecule has 0 aliphatic carbocycles. The van der Waals surface area contributed by atoms with Gasteiger partial charge in [-0.25, -0.2) is 0 Å². The monoisotopic (exact) mass is 386 g/mol. The molecule has 1 amide bonds. The van der Waals surface area contributed by atoms with Gasteiger partial charge < -0.3 is 10.1 Å². The summed E-state index contributed by atoms with van der Waals surface area (Å²) in [6.07, 6.45) is 1.96. The number of nitrogens with zero attached hydrogens (tertiary/aromatic N) is 1. The first-order chi connectivity index (χ1) is 13.0. The van der Waals surface area contributed by atoms with Crippen LogP contribution in [0.25, 0.3) is 0 Å². The Balaban J connectivity index is 1.49. The predicted molar refractivity (Wildman–Crippen MR) is 110 cm³/mol. The zero-order valence-corrected chi connectivity index (χ0v) is 16.7. The standard InChI is InChI=1S/C22H27ClN2O2/c1-16-11-13-25(14-12-16)15-18-3-7-20(8-4-18)24-22(26)17(2)27-21-9-5-19(23)6-10-21/h3-10,16-17H,11-15H2,1-2H3,(H,24,26). The lowest BCUT2D eigenvalue weighted by atomic mass is 9.99. The minimum absolute atomic E-state index is 0.178. The summed E-state index contributed by atoms with van der Waals surface area (Å²) in [6.45, 7) is 7.36. The van der Waals surface area contributed by atoms with Crippen molar-refractivity contribution in [3.8, 4) is 5.75 Å². The Morgan fingerprint density at radius 2 is 1.78 bits per heavy atom. The summed E-state index contributed by atoms with van der Waals surface area (Å²) >= 11 is 5.86. The molecule has 5 heteroatoms. The number of anilines is 1. The highest BCUT2D eigenvalue weighted by Crippen LogP contribution is 2.20. The van der Waals surface area contributed by atoms with Gasteiger partial charge in [0, 0.05) is 17.3 Å². The van der Waals surface area contributed by atoms with E-state index in [2.05, 4.69) is 29.3 Å². The Labute approximate surface area is 166 Å². The van der Waals surface area contributed by atoms with Crippen LogP contribution in [0.1, 0.15) is 32.3 Å². The number of hydrogen-bond donors (Lipinski definition) is 1. The summed E-state index contributed by atoms with van der Waals surface area (Å²) in [5, 5.41) is 3.54. The number of piperidine rings is 1. The second-order valence-corrected chi connectivity index (χ2v) is 7.80. The topological polar surface area (TPSA) is 41.6 Å². The molecule has 0 bridgehead atoms. The van der Waals surface area contributed by atoms with E-state index in [0.29, 0.717) is 10.8 Å². The van der Waals surface area contributed by atoms with Crippen molar-refractivity contribution >= 4 is 23.2 Å². The van der Waals surface area contributed by atoms with E-state index in [0.717, 1.165) is 18.2 Å². The van der Waals surface area contributed by atoms with Gasteiger partial charge in [0.2, 0.25) is 0 Å². The van der Waals surface area contributed by atoms with E-state index in [4.69, 9.17) is 16.3 Å². The van der Waals surface area contributed by atoms with Gasteiger partial charge in [-0.15, -0.1) is 0 Å². The quantitative estimate of drug-likeness (QED) is 0.761. The van der Waals surface area contributed by atoms with Crippen LogP contribution in [0, 0.1) is 5.92 Å². The van der Waals surface area contributed by atoms with Crippen LogP contribution < -0.4 is 10.1 Å². The van der Waals surface area contributed by atoms with E-state index in [1.165, 1.54) is 31.5 Å². The number of likely N-dealkylation sites (tertiary alicyclic amines) is 1. The van der Waals surface area contributed by atoms with Crippen molar-refractivity contribution in [1.29, 1.82) is 0 Å². The van der Waals surface area contributed by atoms with Crippen LogP contribution >= 0.6 is 11.6 Å². The Morgan fingerprint density at radius 3 is 2.41 bits per heavy atom. The number of carbonyl (C=O) groups excluding carboxylic acids is 1. The maximum atomic E-state index is 12.3. The van der Waals surface area contributed by atoms with Crippen LogP contribution in [0.4, 0.5) is 5.69 Å². The zero-order chi connectivity index (χ0) is 19.2. The van der Waals surface area contributed by atoms with Gasteiger partial charge in [-0.2, -0.15) is 0 Å². The molecule has 1 N–H and O–H groups in total. The maximum absolute atomic E-state index is 12.3. The summed E-state index contributed by atoms with van der Waals surface area (Å²) in [4.78, 5) is 14.8. The second kappa shape index (κ2) is 9.25. The number of amides is 1. The van der Waals surface area contributed by atoms with Gasteiger partial charge in [-0.3, -0.25) is 9.69 Å². The summed E-state index contributed by atoms with van der Waals surface area (Å²) in [5.74, 6) is 1.28. The molecule has 1 aliphatic heterocycles. The number of benzene rings is 2. The average molecular weight is 387 g/mol. The molecule has 0 saturated carbocycles. The minimum atomic E-state index is -0.596. The number of carbonyl (C=O) groups is 1.